The van der Waals surface area contributed by atoms with Crippen LogP contribution in [0.2, 0.25) is 0 Å². The average molecular weight is 165 g/mol. The van der Waals surface area contributed by atoms with Gasteiger partial charge in [0.1, 0.15) is 0 Å². The standard InChI is InChI=1S/C10H20BN/c1-10(2,3)9-7-4-5-8(6-7)12(9)11/h7-9H,4-6,11H2,1-3H3. The molecule has 68 valence electrons. The van der Waals surface area contributed by atoms with Crippen LogP contribution in [0.15, 0.2) is 0 Å². The van der Waals surface area contributed by atoms with Gasteiger partial charge in [0.05, 0.1) is 0 Å². The van der Waals surface area contributed by atoms with E-state index < -0.39 is 0 Å². The molecule has 2 bridgehead atoms. The van der Waals surface area contributed by atoms with Crippen molar-refractivity contribution in [1.82, 2.24) is 4.81 Å². The van der Waals surface area contributed by atoms with E-state index in [0.29, 0.717) is 5.41 Å². The molecule has 1 nitrogen and oxygen atoms in total. The molecule has 0 aromatic rings. The van der Waals surface area contributed by atoms with E-state index in [0.717, 1.165) is 18.0 Å². The van der Waals surface area contributed by atoms with Crippen LogP contribution in [0, 0.1) is 11.3 Å². The molecular weight excluding hydrogens is 145 g/mol. The SMILES string of the molecule is BN1C2CCC(C2)C1C(C)(C)C. The van der Waals surface area contributed by atoms with Gasteiger partial charge in [-0.15, -0.1) is 0 Å². The lowest BCUT2D eigenvalue weighted by Gasteiger charge is -2.41. The summed E-state index contributed by atoms with van der Waals surface area (Å²) in [6, 6.07) is 1.76. The van der Waals surface area contributed by atoms with Gasteiger partial charge in [0.25, 0.3) is 0 Å². The molecule has 2 rings (SSSR count). The van der Waals surface area contributed by atoms with Crippen LogP contribution in [0.3, 0.4) is 0 Å². The highest BCUT2D eigenvalue weighted by molar-refractivity contribution is 6.05. The van der Waals surface area contributed by atoms with Crippen LogP contribution in [0.5, 0.6) is 0 Å². The quantitative estimate of drug-likeness (QED) is 0.491. The van der Waals surface area contributed by atoms with Gasteiger partial charge in [-0.2, -0.15) is 0 Å². The summed E-state index contributed by atoms with van der Waals surface area (Å²) in [5, 5.41) is 0. The summed E-state index contributed by atoms with van der Waals surface area (Å²) in [6.07, 6.45) is 4.41. The maximum Gasteiger partial charge on any atom is 0.186 e. The Bertz CT molecular complexity index is 183. The van der Waals surface area contributed by atoms with E-state index in [1.165, 1.54) is 19.3 Å². The first kappa shape index (κ1) is 8.62. The number of fused-ring (bicyclic) bond motifs is 2. The highest BCUT2D eigenvalue weighted by atomic mass is 15.2. The minimum Gasteiger partial charge on any atom is -0.343 e. The molecule has 0 amide bonds. The van der Waals surface area contributed by atoms with Crippen molar-refractivity contribution in [1.29, 1.82) is 0 Å². The first-order chi connectivity index (χ1) is 5.50. The van der Waals surface area contributed by atoms with Gasteiger partial charge < -0.3 is 4.81 Å². The maximum atomic E-state index is 2.63. The molecule has 0 aromatic carbocycles. The Morgan fingerprint density at radius 1 is 1.25 bits per heavy atom. The molecule has 3 atom stereocenters. The molecule has 0 spiro atoms. The third-order valence-electron chi connectivity index (χ3n) is 3.79. The lowest BCUT2D eigenvalue weighted by atomic mass is 9.77. The normalized spacial score (nSPS) is 42.4. The largest absolute Gasteiger partial charge is 0.343 e. The van der Waals surface area contributed by atoms with E-state index in [4.69, 9.17) is 0 Å². The molecule has 2 aliphatic rings. The Balaban J connectivity index is 2.17. The number of rotatable bonds is 0. The van der Waals surface area contributed by atoms with Crippen LogP contribution < -0.4 is 0 Å². The van der Waals surface area contributed by atoms with Crippen LogP contribution in [0.25, 0.3) is 0 Å². The Morgan fingerprint density at radius 3 is 2.25 bits per heavy atom. The molecule has 2 heteroatoms. The zero-order chi connectivity index (χ0) is 8.93. The third kappa shape index (κ3) is 1.12. The van der Waals surface area contributed by atoms with E-state index in [9.17, 15) is 0 Å². The molecule has 3 unspecified atom stereocenters. The van der Waals surface area contributed by atoms with Crippen LogP contribution >= 0.6 is 0 Å². The minimum atomic E-state index is 0.481. The van der Waals surface area contributed by atoms with Crippen molar-refractivity contribution in [3.63, 3.8) is 0 Å². The highest BCUT2D eigenvalue weighted by Crippen LogP contribution is 2.47. The van der Waals surface area contributed by atoms with Crippen LogP contribution in [0.4, 0.5) is 0 Å². The van der Waals surface area contributed by atoms with Crippen LogP contribution in [-0.2, 0) is 0 Å². The molecule has 0 N–H and O–H groups in total. The molecule has 2 fully saturated rings. The summed E-state index contributed by atoms with van der Waals surface area (Å²) in [7, 11) is 2.32. The fraction of sp³-hybridized carbons (Fsp3) is 1.00. The summed E-state index contributed by atoms with van der Waals surface area (Å²) in [5.74, 6) is 1.000. The van der Waals surface area contributed by atoms with Gasteiger partial charge >= 0.3 is 0 Å². The highest BCUT2D eigenvalue weighted by Gasteiger charge is 2.47. The summed E-state index contributed by atoms with van der Waals surface area (Å²) in [6.45, 7) is 7.15. The van der Waals surface area contributed by atoms with Crippen molar-refractivity contribution in [2.24, 2.45) is 11.3 Å². The molecule has 0 aromatic heterocycles. The summed E-state index contributed by atoms with van der Waals surface area (Å²) in [5.41, 5.74) is 0.481. The summed E-state index contributed by atoms with van der Waals surface area (Å²) in [4.78, 5) is 2.63. The lowest BCUT2D eigenvalue weighted by molar-refractivity contribution is 0.131. The number of nitrogens with zero attached hydrogens (tertiary/aromatic N) is 1. The van der Waals surface area contributed by atoms with E-state index in [2.05, 4.69) is 33.6 Å². The van der Waals surface area contributed by atoms with Crippen molar-refractivity contribution in [3.8, 4) is 0 Å². The first-order valence-electron chi connectivity index (χ1n) is 5.22. The van der Waals surface area contributed by atoms with E-state index in [1.54, 1.807) is 0 Å². The van der Waals surface area contributed by atoms with Gasteiger partial charge in [-0.05, 0) is 36.6 Å². The predicted molar refractivity (Wildman–Crippen MR) is 54.8 cm³/mol. The number of hydrogen-bond acceptors (Lipinski definition) is 1. The molecule has 1 heterocycles. The molecule has 1 saturated carbocycles. The zero-order valence-electron chi connectivity index (χ0n) is 8.80. The van der Waals surface area contributed by atoms with E-state index in [-0.39, 0.29) is 0 Å². The Kier molecular flexibility index (Phi) is 1.80. The van der Waals surface area contributed by atoms with Gasteiger partial charge in [-0.3, -0.25) is 0 Å². The second kappa shape index (κ2) is 2.51. The molecule has 1 aliphatic carbocycles. The van der Waals surface area contributed by atoms with Crippen molar-refractivity contribution in [2.75, 3.05) is 0 Å². The Morgan fingerprint density at radius 2 is 1.92 bits per heavy atom. The Hall–Kier alpha value is 0.0249. The first-order valence-corrected chi connectivity index (χ1v) is 5.22. The van der Waals surface area contributed by atoms with Crippen LogP contribution in [0.1, 0.15) is 40.0 Å². The molecule has 1 aliphatic heterocycles. The molecule has 12 heavy (non-hydrogen) atoms. The lowest BCUT2D eigenvalue weighted by Crippen LogP contribution is -2.46. The van der Waals surface area contributed by atoms with Crippen molar-refractivity contribution < 1.29 is 0 Å². The van der Waals surface area contributed by atoms with Gasteiger partial charge in [-0.25, -0.2) is 0 Å². The van der Waals surface area contributed by atoms with Crippen LogP contribution in [-0.4, -0.2) is 24.9 Å². The second-order valence-electron chi connectivity index (χ2n) is 5.70. The summed E-state index contributed by atoms with van der Waals surface area (Å²) >= 11 is 0. The second-order valence-corrected chi connectivity index (χ2v) is 5.70. The minimum absolute atomic E-state index is 0.481. The third-order valence-corrected chi connectivity index (χ3v) is 3.79. The Labute approximate surface area is 76.9 Å². The van der Waals surface area contributed by atoms with E-state index >= 15 is 0 Å². The average Bonchev–Trinajstić information content (AvgIpc) is 2.42. The van der Waals surface area contributed by atoms with Gasteiger partial charge in [0.2, 0.25) is 0 Å². The van der Waals surface area contributed by atoms with Crippen molar-refractivity contribution >= 4 is 7.98 Å². The van der Waals surface area contributed by atoms with E-state index in [1.807, 2.05) is 0 Å². The van der Waals surface area contributed by atoms with Gasteiger partial charge in [0, 0.05) is 6.04 Å². The topological polar surface area (TPSA) is 3.24 Å². The smallest absolute Gasteiger partial charge is 0.186 e. The predicted octanol–water partition coefficient (Wildman–Crippen LogP) is 1.43. The maximum absolute atomic E-state index is 2.63. The fourth-order valence-corrected chi connectivity index (χ4v) is 3.53. The number of piperidine rings is 1. The molecule has 0 radical (unpaired) electrons. The number of hydrogen-bond donors (Lipinski definition) is 0. The van der Waals surface area contributed by atoms with Gasteiger partial charge in [-0.1, -0.05) is 20.8 Å². The van der Waals surface area contributed by atoms with Gasteiger partial charge in [0.15, 0.2) is 7.98 Å². The monoisotopic (exact) mass is 165 g/mol. The zero-order valence-corrected chi connectivity index (χ0v) is 8.80. The van der Waals surface area contributed by atoms with Crippen molar-refractivity contribution in [2.45, 2.75) is 52.1 Å². The molecule has 1 saturated heterocycles. The van der Waals surface area contributed by atoms with Crippen molar-refractivity contribution in [3.05, 3.63) is 0 Å². The summed E-state index contributed by atoms with van der Waals surface area (Å²) < 4.78 is 0. The molecular formula is C10H20BN. The fourth-order valence-electron chi connectivity index (χ4n) is 3.53.